The van der Waals surface area contributed by atoms with E-state index in [4.69, 9.17) is 5.73 Å². The van der Waals surface area contributed by atoms with Gasteiger partial charge in [0.1, 0.15) is 0 Å². The van der Waals surface area contributed by atoms with Crippen molar-refractivity contribution in [1.82, 2.24) is 10.2 Å². The largest absolute Gasteiger partial charge is 0.353 e. The van der Waals surface area contributed by atoms with Crippen LogP contribution in [0, 0.1) is 11.8 Å². The van der Waals surface area contributed by atoms with Crippen LogP contribution in [0.25, 0.3) is 0 Å². The first-order valence-electron chi connectivity index (χ1n) is 10.5. The van der Waals surface area contributed by atoms with Crippen molar-refractivity contribution in [3.8, 4) is 0 Å². The molecule has 2 aliphatic carbocycles. The van der Waals surface area contributed by atoms with Crippen LogP contribution in [0.4, 0.5) is 0 Å². The quantitative estimate of drug-likeness (QED) is 0.819. The second-order valence-corrected chi connectivity index (χ2v) is 8.51. The van der Waals surface area contributed by atoms with E-state index in [1.807, 2.05) is 4.90 Å². The van der Waals surface area contributed by atoms with Gasteiger partial charge in [-0.15, -0.1) is 0 Å². The zero-order valence-electron chi connectivity index (χ0n) is 15.5. The molecule has 3 fully saturated rings. The zero-order chi connectivity index (χ0) is 17.6. The number of nitrogens with zero attached hydrogens (tertiary/aromatic N) is 1. The fourth-order valence-corrected chi connectivity index (χ4v) is 4.89. The molecule has 0 aromatic heterocycles. The molecule has 0 bridgehead atoms. The van der Waals surface area contributed by atoms with Crippen LogP contribution in [0.2, 0.25) is 0 Å². The van der Waals surface area contributed by atoms with E-state index in [1.54, 1.807) is 0 Å². The Balaban J connectivity index is 1.37. The Morgan fingerprint density at radius 1 is 0.920 bits per heavy atom. The first kappa shape index (κ1) is 18.7. The molecule has 1 aliphatic heterocycles. The van der Waals surface area contributed by atoms with Crippen molar-refractivity contribution in [2.24, 2.45) is 17.6 Å². The van der Waals surface area contributed by atoms with E-state index in [0.717, 1.165) is 51.6 Å². The molecule has 0 aromatic rings. The molecule has 5 nitrogen and oxygen atoms in total. The van der Waals surface area contributed by atoms with Crippen LogP contribution >= 0.6 is 0 Å². The van der Waals surface area contributed by atoms with Gasteiger partial charge in [-0.3, -0.25) is 9.59 Å². The summed E-state index contributed by atoms with van der Waals surface area (Å²) in [6.07, 6.45) is 12.8. The number of nitrogens with one attached hydrogen (secondary N) is 1. The summed E-state index contributed by atoms with van der Waals surface area (Å²) in [5.41, 5.74) is 6.00. The summed E-state index contributed by atoms with van der Waals surface area (Å²) in [6, 6.07) is 0.414. The van der Waals surface area contributed by atoms with Gasteiger partial charge in [0.2, 0.25) is 11.8 Å². The van der Waals surface area contributed by atoms with Gasteiger partial charge in [0, 0.05) is 37.5 Å². The Morgan fingerprint density at radius 3 is 2.32 bits per heavy atom. The Morgan fingerprint density at radius 2 is 1.64 bits per heavy atom. The third-order valence-electron chi connectivity index (χ3n) is 6.41. The van der Waals surface area contributed by atoms with Crippen LogP contribution in [0.5, 0.6) is 0 Å². The predicted molar refractivity (Wildman–Crippen MR) is 98.9 cm³/mol. The average molecular weight is 350 g/mol. The van der Waals surface area contributed by atoms with E-state index in [-0.39, 0.29) is 23.9 Å². The van der Waals surface area contributed by atoms with Gasteiger partial charge in [0.05, 0.1) is 0 Å². The normalized spacial score (nSPS) is 31.6. The highest BCUT2D eigenvalue weighted by Gasteiger charge is 2.32. The van der Waals surface area contributed by atoms with E-state index < -0.39 is 0 Å². The van der Waals surface area contributed by atoms with Crippen molar-refractivity contribution >= 4 is 11.8 Å². The Labute approximate surface area is 152 Å². The van der Waals surface area contributed by atoms with Crippen LogP contribution in [-0.4, -0.2) is 41.9 Å². The molecule has 0 spiro atoms. The van der Waals surface area contributed by atoms with Crippen LogP contribution in [0.1, 0.15) is 77.0 Å². The highest BCUT2D eigenvalue weighted by molar-refractivity contribution is 5.79. The van der Waals surface area contributed by atoms with E-state index in [9.17, 15) is 9.59 Å². The van der Waals surface area contributed by atoms with Gasteiger partial charge in [-0.2, -0.15) is 0 Å². The minimum absolute atomic E-state index is 0.136. The van der Waals surface area contributed by atoms with Gasteiger partial charge in [-0.05, 0) is 57.3 Å². The Hall–Kier alpha value is -1.10. The standard InChI is InChI=1S/C20H35N3O2/c21-17-7-4-12-23(14-17)20(25)16-8-10-18(11-9-16)22-19(24)13-15-5-2-1-3-6-15/h15-18H,1-14,21H2,(H,22,24). The molecule has 2 saturated carbocycles. The minimum Gasteiger partial charge on any atom is -0.353 e. The van der Waals surface area contributed by atoms with Crippen LogP contribution in [0.15, 0.2) is 0 Å². The summed E-state index contributed by atoms with van der Waals surface area (Å²) in [5.74, 6) is 1.25. The lowest BCUT2D eigenvalue weighted by Crippen LogP contribution is -2.49. The number of likely N-dealkylation sites (tertiary alicyclic amines) is 1. The minimum atomic E-state index is 0.136. The first-order chi connectivity index (χ1) is 12.1. The summed E-state index contributed by atoms with van der Waals surface area (Å²) in [6.45, 7) is 1.58. The summed E-state index contributed by atoms with van der Waals surface area (Å²) in [5, 5.41) is 3.23. The fourth-order valence-electron chi connectivity index (χ4n) is 4.89. The monoisotopic (exact) mass is 349 g/mol. The Kier molecular flexibility index (Phi) is 6.74. The molecular formula is C20H35N3O2. The second-order valence-electron chi connectivity index (χ2n) is 8.51. The summed E-state index contributed by atoms with van der Waals surface area (Å²) >= 11 is 0. The van der Waals surface area contributed by atoms with Crippen LogP contribution in [0.3, 0.4) is 0 Å². The lowest BCUT2D eigenvalue weighted by atomic mass is 9.84. The van der Waals surface area contributed by atoms with Gasteiger partial charge in [0.15, 0.2) is 0 Å². The average Bonchev–Trinajstić information content (AvgIpc) is 2.62. The van der Waals surface area contributed by atoms with E-state index in [0.29, 0.717) is 18.2 Å². The maximum Gasteiger partial charge on any atom is 0.225 e. The topological polar surface area (TPSA) is 75.4 Å². The van der Waals surface area contributed by atoms with Crippen molar-refractivity contribution in [3.63, 3.8) is 0 Å². The molecule has 1 saturated heterocycles. The molecule has 25 heavy (non-hydrogen) atoms. The molecule has 2 amide bonds. The van der Waals surface area contributed by atoms with E-state index in [1.165, 1.54) is 32.1 Å². The number of hydrogen-bond acceptors (Lipinski definition) is 3. The van der Waals surface area contributed by atoms with Gasteiger partial charge in [-0.25, -0.2) is 0 Å². The lowest BCUT2D eigenvalue weighted by molar-refractivity contribution is -0.137. The molecule has 5 heteroatoms. The number of nitrogens with two attached hydrogens (primary N) is 1. The molecule has 3 rings (SSSR count). The molecule has 3 N–H and O–H groups in total. The number of amides is 2. The molecule has 1 heterocycles. The van der Waals surface area contributed by atoms with Crippen molar-refractivity contribution in [3.05, 3.63) is 0 Å². The molecular weight excluding hydrogens is 314 g/mol. The van der Waals surface area contributed by atoms with Gasteiger partial charge >= 0.3 is 0 Å². The van der Waals surface area contributed by atoms with Crippen molar-refractivity contribution in [2.45, 2.75) is 89.1 Å². The van der Waals surface area contributed by atoms with Crippen LogP contribution < -0.4 is 11.1 Å². The molecule has 1 atom stereocenters. The maximum absolute atomic E-state index is 12.7. The first-order valence-corrected chi connectivity index (χ1v) is 10.5. The SMILES string of the molecule is NC1CCCN(C(=O)C2CCC(NC(=O)CC3CCCCC3)CC2)C1. The lowest BCUT2D eigenvalue weighted by Gasteiger charge is -2.36. The Bertz CT molecular complexity index is 454. The molecule has 0 radical (unpaired) electrons. The van der Waals surface area contributed by atoms with Gasteiger partial charge < -0.3 is 16.0 Å². The third-order valence-corrected chi connectivity index (χ3v) is 6.41. The molecule has 1 unspecified atom stereocenters. The molecule has 142 valence electrons. The van der Waals surface area contributed by atoms with Crippen LogP contribution in [-0.2, 0) is 9.59 Å². The highest BCUT2D eigenvalue weighted by Crippen LogP contribution is 2.29. The number of piperidine rings is 1. The van der Waals surface area contributed by atoms with Gasteiger partial charge in [-0.1, -0.05) is 19.3 Å². The number of hydrogen-bond donors (Lipinski definition) is 2. The maximum atomic E-state index is 12.7. The third kappa shape index (κ3) is 5.44. The predicted octanol–water partition coefficient (Wildman–Crippen LogP) is 2.58. The summed E-state index contributed by atoms with van der Waals surface area (Å²) in [4.78, 5) is 26.9. The zero-order valence-corrected chi connectivity index (χ0v) is 15.5. The smallest absolute Gasteiger partial charge is 0.225 e. The van der Waals surface area contributed by atoms with Crippen molar-refractivity contribution in [2.75, 3.05) is 13.1 Å². The van der Waals surface area contributed by atoms with E-state index >= 15 is 0 Å². The summed E-state index contributed by atoms with van der Waals surface area (Å²) < 4.78 is 0. The molecule has 0 aromatic carbocycles. The van der Waals surface area contributed by atoms with E-state index in [2.05, 4.69) is 5.32 Å². The summed E-state index contributed by atoms with van der Waals surface area (Å²) in [7, 11) is 0. The van der Waals surface area contributed by atoms with Crippen molar-refractivity contribution < 1.29 is 9.59 Å². The fraction of sp³-hybridized carbons (Fsp3) is 0.900. The number of rotatable bonds is 4. The highest BCUT2D eigenvalue weighted by atomic mass is 16.2. The van der Waals surface area contributed by atoms with Gasteiger partial charge in [0.25, 0.3) is 0 Å². The number of carbonyl (C=O) groups is 2. The van der Waals surface area contributed by atoms with Crippen molar-refractivity contribution in [1.29, 1.82) is 0 Å². The molecule has 3 aliphatic rings. The number of carbonyl (C=O) groups excluding carboxylic acids is 2. The second kappa shape index (κ2) is 9.02.